The second kappa shape index (κ2) is 6.74. The molecule has 21 heavy (non-hydrogen) atoms. The Labute approximate surface area is 125 Å². The highest BCUT2D eigenvalue weighted by atomic mass is 32.2. The van der Waals surface area contributed by atoms with E-state index in [2.05, 4.69) is 4.72 Å². The molecule has 0 atom stereocenters. The molecular formula is C16H19NO3S. The van der Waals surface area contributed by atoms with Gasteiger partial charge in [0.15, 0.2) is 0 Å². The van der Waals surface area contributed by atoms with Crippen LogP contribution < -0.4 is 9.46 Å². The van der Waals surface area contributed by atoms with Crippen molar-refractivity contribution in [2.75, 3.05) is 13.2 Å². The highest BCUT2D eigenvalue weighted by molar-refractivity contribution is 7.89. The van der Waals surface area contributed by atoms with Gasteiger partial charge < -0.3 is 4.74 Å². The monoisotopic (exact) mass is 305 g/mol. The first kappa shape index (κ1) is 15.5. The van der Waals surface area contributed by atoms with E-state index >= 15 is 0 Å². The third kappa shape index (κ3) is 4.31. The Morgan fingerprint density at radius 2 is 1.76 bits per heavy atom. The molecule has 0 saturated carbocycles. The van der Waals surface area contributed by atoms with E-state index in [1.54, 1.807) is 13.0 Å². The topological polar surface area (TPSA) is 55.4 Å². The van der Waals surface area contributed by atoms with E-state index in [4.69, 9.17) is 4.74 Å². The van der Waals surface area contributed by atoms with Crippen LogP contribution in [0.1, 0.15) is 11.1 Å². The molecule has 2 rings (SSSR count). The number of hydrogen-bond acceptors (Lipinski definition) is 3. The highest BCUT2D eigenvalue weighted by Gasteiger charge is 2.16. The fourth-order valence-electron chi connectivity index (χ4n) is 1.94. The predicted molar refractivity (Wildman–Crippen MR) is 83.0 cm³/mol. The van der Waals surface area contributed by atoms with E-state index in [9.17, 15) is 8.42 Å². The normalized spacial score (nSPS) is 11.3. The van der Waals surface area contributed by atoms with E-state index in [1.807, 2.05) is 49.4 Å². The Bertz CT molecular complexity index is 697. The zero-order valence-corrected chi connectivity index (χ0v) is 13.0. The molecule has 0 spiro atoms. The molecular weight excluding hydrogens is 286 g/mol. The lowest BCUT2D eigenvalue weighted by molar-refractivity contribution is 0.323. The molecule has 0 aliphatic heterocycles. The molecule has 2 aromatic rings. The first-order chi connectivity index (χ1) is 9.99. The molecule has 0 aliphatic rings. The third-order valence-corrected chi connectivity index (χ3v) is 4.64. The van der Waals surface area contributed by atoms with Crippen molar-refractivity contribution in [3.05, 3.63) is 59.7 Å². The molecule has 0 amide bonds. The number of benzene rings is 2. The quantitative estimate of drug-likeness (QED) is 0.835. The SMILES string of the molecule is Cc1ccc(C)c(S(=O)(=O)NCCOc2ccccc2)c1. The average molecular weight is 305 g/mol. The van der Waals surface area contributed by atoms with Crippen LogP contribution in [0, 0.1) is 13.8 Å². The smallest absolute Gasteiger partial charge is 0.240 e. The molecule has 0 aromatic heterocycles. The summed E-state index contributed by atoms with van der Waals surface area (Å²) in [4.78, 5) is 0.321. The summed E-state index contributed by atoms with van der Waals surface area (Å²) < 4.78 is 32.5. The molecule has 0 fully saturated rings. The molecule has 5 heteroatoms. The summed E-state index contributed by atoms with van der Waals surface area (Å²) in [6.45, 7) is 4.17. The molecule has 4 nitrogen and oxygen atoms in total. The van der Waals surface area contributed by atoms with Gasteiger partial charge in [0.1, 0.15) is 12.4 Å². The minimum absolute atomic E-state index is 0.227. The summed E-state index contributed by atoms with van der Waals surface area (Å²) in [5, 5.41) is 0. The first-order valence-corrected chi connectivity index (χ1v) is 8.22. The van der Waals surface area contributed by atoms with Gasteiger partial charge in [-0.2, -0.15) is 0 Å². The molecule has 2 aromatic carbocycles. The highest BCUT2D eigenvalue weighted by Crippen LogP contribution is 2.16. The minimum Gasteiger partial charge on any atom is -0.492 e. The lowest BCUT2D eigenvalue weighted by atomic mass is 10.2. The summed E-state index contributed by atoms with van der Waals surface area (Å²) in [5.41, 5.74) is 1.65. The molecule has 112 valence electrons. The molecule has 0 unspecified atom stereocenters. The van der Waals surface area contributed by atoms with Crippen molar-refractivity contribution in [1.29, 1.82) is 0 Å². The third-order valence-electron chi connectivity index (χ3n) is 3.04. The summed E-state index contributed by atoms with van der Waals surface area (Å²) in [5.74, 6) is 0.725. The number of hydrogen-bond donors (Lipinski definition) is 1. The number of ether oxygens (including phenoxy) is 1. The van der Waals surface area contributed by atoms with Crippen molar-refractivity contribution in [3.63, 3.8) is 0 Å². The van der Waals surface area contributed by atoms with Gasteiger partial charge in [0.05, 0.1) is 4.90 Å². The van der Waals surface area contributed by atoms with Crippen LogP contribution in [0.2, 0.25) is 0 Å². The number of aryl methyl sites for hydroxylation is 2. The van der Waals surface area contributed by atoms with Crippen molar-refractivity contribution in [3.8, 4) is 5.75 Å². The molecule has 0 radical (unpaired) electrons. The van der Waals surface area contributed by atoms with Gasteiger partial charge in [0.25, 0.3) is 0 Å². The van der Waals surface area contributed by atoms with Crippen LogP contribution in [0.3, 0.4) is 0 Å². The van der Waals surface area contributed by atoms with Crippen LogP contribution in [0.4, 0.5) is 0 Å². The van der Waals surface area contributed by atoms with Crippen LogP contribution >= 0.6 is 0 Å². The fraction of sp³-hybridized carbons (Fsp3) is 0.250. The number of para-hydroxylation sites is 1. The largest absolute Gasteiger partial charge is 0.492 e. The van der Waals surface area contributed by atoms with Gasteiger partial charge in [-0.3, -0.25) is 0 Å². The van der Waals surface area contributed by atoms with Crippen molar-refractivity contribution in [1.82, 2.24) is 4.72 Å². The maximum absolute atomic E-state index is 12.2. The maximum Gasteiger partial charge on any atom is 0.240 e. The lowest BCUT2D eigenvalue weighted by Gasteiger charge is -2.11. The van der Waals surface area contributed by atoms with Crippen LogP contribution in [0.15, 0.2) is 53.4 Å². The van der Waals surface area contributed by atoms with Crippen LogP contribution in [-0.2, 0) is 10.0 Å². The second-order valence-corrected chi connectivity index (χ2v) is 6.56. The van der Waals surface area contributed by atoms with Crippen molar-refractivity contribution < 1.29 is 13.2 Å². The van der Waals surface area contributed by atoms with Gasteiger partial charge in [-0.25, -0.2) is 13.1 Å². The van der Waals surface area contributed by atoms with Crippen LogP contribution in [0.5, 0.6) is 5.75 Å². The standard InChI is InChI=1S/C16H19NO3S/c1-13-8-9-14(2)16(12-13)21(18,19)17-10-11-20-15-6-4-3-5-7-15/h3-9,12,17H,10-11H2,1-2H3. The molecule has 1 N–H and O–H groups in total. The van der Waals surface area contributed by atoms with Crippen LogP contribution in [-0.4, -0.2) is 21.6 Å². The van der Waals surface area contributed by atoms with Gasteiger partial charge >= 0.3 is 0 Å². The first-order valence-electron chi connectivity index (χ1n) is 6.74. The zero-order valence-electron chi connectivity index (χ0n) is 12.2. The number of nitrogens with one attached hydrogen (secondary N) is 1. The summed E-state index contributed by atoms with van der Waals surface area (Å²) in [6.07, 6.45) is 0. The fourth-order valence-corrected chi connectivity index (χ4v) is 3.28. The van der Waals surface area contributed by atoms with E-state index in [1.165, 1.54) is 0 Å². The summed E-state index contributed by atoms with van der Waals surface area (Å²) in [7, 11) is -3.50. The van der Waals surface area contributed by atoms with E-state index < -0.39 is 10.0 Å². The van der Waals surface area contributed by atoms with Gasteiger partial charge in [-0.15, -0.1) is 0 Å². The van der Waals surface area contributed by atoms with Gasteiger partial charge in [-0.05, 0) is 43.2 Å². The van der Waals surface area contributed by atoms with Crippen molar-refractivity contribution >= 4 is 10.0 Å². The van der Waals surface area contributed by atoms with Gasteiger partial charge in [0.2, 0.25) is 10.0 Å². The molecule has 0 heterocycles. The van der Waals surface area contributed by atoms with Crippen molar-refractivity contribution in [2.45, 2.75) is 18.7 Å². The Morgan fingerprint density at radius 3 is 2.48 bits per heavy atom. The van der Waals surface area contributed by atoms with E-state index in [0.717, 1.165) is 16.9 Å². The lowest BCUT2D eigenvalue weighted by Crippen LogP contribution is -2.28. The van der Waals surface area contributed by atoms with Gasteiger partial charge in [-0.1, -0.05) is 30.3 Å². The predicted octanol–water partition coefficient (Wildman–Crippen LogP) is 2.66. The minimum atomic E-state index is -3.50. The average Bonchev–Trinajstić information content (AvgIpc) is 2.47. The van der Waals surface area contributed by atoms with Gasteiger partial charge in [0, 0.05) is 6.54 Å². The van der Waals surface area contributed by atoms with Crippen LogP contribution in [0.25, 0.3) is 0 Å². The Hall–Kier alpha value is -1.85. The number of rotatable bonds is 6. The molecule has 0 saturated heterocycles. The van der Waals surface area contributed by atoms with E-state index in [-0.39, 0.29) is 13.2 Å². The zero-order chi connectivity index (χ0) is 15.3. The summed E-state index contributed by atoms with van der Waals surface area (Å²) >= 11 is 0. The maximum atomic E-state index is 12.2. The van der Waals surface area contributed by atoms with E-state index in [0.29, 0.717) is 4.90 Å². The Kier molecular flexibility index (Phi) is 4.98. The second-order valence-electron chi connectivity index (χ2n) is 4.83. The Morgan fingerprint density at radius 1 is 1.05 bits per heavy atom. The van der Waals surface area contributed by atoms with Crippen molar-refractivity contribution in [2.24, 2.45) is 0 Å². The summed E-state index contributed by atoms with van der Waals surface area (Å²) in [6, 6.07) is 14.7. The molecule has 0 bridgehead atoms. The molecule has 0 aliphatic carbocycles. The Balaban J connectivity index is 1.94. The number of sulfonamides is 1.